The van der Waals surface area contributed by atoms with Gasteiger partial charge in [0.05, 0.1) is 0 Å². The van der Waals surface area contributed by atoms with Gasteiger partial charge in [0.1, 0.15) is 12.1 Å². The molecule has 0 fully saturated rings. The molecule has 0 aliphatic heterocycles. The predicted octanol–water partition coefficient (Wildman–Crippen LogP) is 10.0. The highest BCUT2D eigenvalue weighted by Crippen LogP contribution is 2.42. The molecule has 0 aliphatic rings. The molecule has 0 spiro atoms. The number of hydrogen-bond acceptors (Lipinski definition) is 8. The van der Waals surface area contributed by atoms with Gasteiger partial charge >= 0.3 is 11.9 Å². The van der Waals surface area contributed by atoms with Crippen molar-refractivity contribution in [2.75, 3.05) is 5.75 Å². The summed E-state index contributed by atoms with van der Waals surface area (Å²) in [6.07, 6.45) is 30.2. The Kier molecular flexibility index (Phi) is 31.1. The molecule has 2 atom stereocenters. The molecular formula is C38H72N2O6S2. The highest BCUT2D eigenvalue weighted by atomic mass is 33.1. The van der Waals surface area contributed by atoms with Crippen LogP contribution in [0.3, 0.4) is 0 Å². The Hall–Kier alpha value is -1.10. The molecule has 282 valence electrons. The van der Waals surface area contributed by atoms with E-state index in [0.717, 1.165) is 60.1 Å². The Morgan fingerprint density at radius 3 is 1.06 bits per heavy atom. The Balaban J connectivity index is 4.89. The van der Waals surface area contributed by atoms with E-state index in [1.165, 1.54) is 116 Å². The van der Waals surface area contributed by atoms with Crippen LogP contribution in [0.5, 0.6) is 0 Å². The summed E-state index contributed by atoms with van der Waals surface area (Å²) in [5.41, 5.74) is 11.8. The van der Waals surface area contributed by atoms with Crippen LogP contribution in [-0.4, -0.2) is 56.3 Å². The van der Waals surface area contributed by atoms with E-state index in [1.807, 2.05) is 0 Å². The SMILES string of the molecule is CCCCCCCCCCCCCCCC(=O)C(SSCC(N)C(=O)O)(C(=O)CCCCCCCCCCCCCCC)C(N)C(=O)O. The van der Waals surface area contributed by atoms with Crippen molar-refractivity contribution >= 4 is 45.1 Å². The lowest BCUT2D eigenvalue weighted by Gasteiger charge is -2.33. The minimum Gasteiger partial charge on any atom is -0.480 e. The van der Waals surface area contributed by atoms with Crippen LogP contribution in [0, 0.1) is 0 Å². The summed E-state index contributed by atoms with van der Waals surface area (Å²) in [6, 6.07) is -2.92. The van der Waals surface area contributed by atoms with E-state index < -0.39 is 40.3 Å². The summed E-state index contributed by atoms with van der Waals surface area (Å²) in [5, 5.41) is 19.1. The minimum absolute atomic E-state index is 0.0711. The van der Waals surface area contributed by atoms with Gasteiger partial charge in [-0.2, -0.15) is 0 Å². The zero-order chi connectivity index (χ0) is 35.9. The van der Waals surface area contributed by atoms with Gasteiger partial charge < -0.3 is 21.7 Å². The molecule has 0 heterocycles. The molecule has 0 aromatic carbocycles. The summed E-state index contributed by atoms with van der Waals surface area (Å²) >= 11 is 0. The smallest absolute Gasteiger partial charge is 0.322 e. The first-order valence-electron chi connectivity index (χ1n) is 19.5. The number of carboxylic acids is 2. The molecule has 0 aromatic rings. The minimum atomic E-state index is -1.97. The zero-order valence-electron chi connectivity index (χ0n) is 30.7. The van der Waals surface area contributed by atoms with Crippen molar-refractivity contribution in [1.29, 1.82) is 0 Å². The van der Waals surface area contributed by atoms with E-state index in [2.05, 4.69) is 13.8 Å². The van der Waals surface area contributed by atoms with Gasteiger partial charge in [0.2, 0.25) is 0 Å². The van der Waals surface area contributed by atoms with Crippen molar-refractivity contribution in [2.24, 2.45) is 11.5 Å². The number of unbranched alkanes of at least 4 members (excludes halogenated alkanes) is 24. The largest absolute Gasteiger partial charge is 0.480 e. The van der Waals surface area contributed by atoms with Crippen LogP contribution in [0.2, 0.25) is 0 Å². The second kappa shape index (κ2) is 31.9. The number of ketones is 2. The van der Waals surface area contributed by atoms with E-state index in [1.54, 1.807) is 0 Å². The average Bonchev–Trinajstić information content (AvgIpc) is 3.06. The number of aliphatic carboxylic acids is 2. The third kappa shape index (κ3) is 22.6. The molecule has 2 unspecified atom stereocenters. The van der Waals surface area contributed by atoms with Gasteiger partial charge in [-0.25, -0.2) is 0 Å². The van der Waals surface area contributed by atoms with Crippen molar-refractivity contribution in [2.45, 2.75) is 210 Å². The van der Waals surface area contributed by atoms with Gasteiger partial charge in [0.25, 0.3) is 0 Å². The van der Waals surface area contributed by atoms with Crippen molar-refractivity contribution in [1.82, 2.24) is 0 Å². The molecule has 0 bridgehead atoms. The Morgan fingerprint density at radius 1 is 0.500 bits per heavy atom. The maximum Gasteiger partial charge on any atom is 0.322 e. The molecule has 48 heavy (non-hydrogen) atoms. The monoisotopic (exact) mass is 716 g/mol. The van der Waals surface area contributed by atoms with E-state index in [4.69, 9.17) is 11.5 Å². The lowest BCUT2D eigenvalue weighted by Crippen LogP contribution is -2.60. The highest BCUT2D eigenvalue weighted by Gasteiger charge is 2.53. The molecule has 0 saturated carbocycles. The molecule has 8 nitrogen and oxygen atoms in total. The summed E-state index contributed by atoms with van der Waals surface area (Å²) < 4.78 is -1.97. The number of carboxylic acid groups (broad SMARTS) is 2. The van der Waals surface area contributed by atoms with Crippen LogP contribution < -0.4 is 11.5 Å². The van der Waals surface area contributed by atoms with Crippen molar-refractivity contribution in [3.05, 3.63) is 0 Å². The molecule has 0 radical (unpaired) electrons. The van der Waals surface area contributed by atoms with Crippen LogP contribution in [0.15, 0.2) is 0 Å². The summed E-state index contributed by atoms with van der Waals surface area (Å²) in [6.45, 7) is 4.47. The highest BCUT2D eigenvalue weighted by molar-refractivity contribution is 8.77. The fraction of sp³-hybridized carbons (Fsp3) is 0.895. The fourth-order valence-electron chi connectivity index (χ4n) is 6.07. The Bertz CT molecular complexity index is 802. The van der Waals surface area contributed by atoms with Crippen molar-refractivity contribution < 1.29 is 29.4 Å². The van der Waals surface area contributed by atoms with Crippen molar-refractivity contribution in [3.63, 3.8) is 0 Å². The van der Waals surface area contributed by atoms with E-state index in [-0.39, 0.29) is 18.6 Å². The van der Waals surface area contributed by atoms with Gasteiger partial charge in [0, 0.05) is 18.6 Å². The van der Waals surface area contributed by atoms with Crippen LogP contribution in [0.1, 0.15) is 194 Å². The topological polar surface area (TPSA) is 161 Å². The van der Waals surface area contributed by atoms with Crippen molar-refractivity contribution in [3.8, 4) is 0 Å². The maximum absolute atomic E-state index is 13.8. The number of Topliss-reactive ketones (excluding diaryl/α,β-unsaturated/α-hetero) is 2. The predicted molar refractivity (Wildman–Crippen MR) is 205 cm³/mol. The maximum atomic E-state index is 13.8. The molecule has 0 aromatic heterocycles. The number of hydrogen-bond donors (Lipinski definition) is 4. The summed E-state index contributed by atoms with van der Waals surface area (Å²) in [7, 11) is 1.76. The van der Waals surface area contributed by atoms with E-state index in [0.29, 0.717) is 12.8 Å². The van der Waals surface area contributed by atoms with E-state index in [9.17, 15) is 29.4 Å². The molecule has 0 amide bonds. The van der Waals surface area contributed by atoms with Gasteiger partial charge in [-0.3, -0.25) is 19.2 Å². The van der Waals surface area contributed by atoms with Gasteiger partial charge in [0.15, 0.2) is 16.3 Å². The first-order chi connectivity index (χ1) is 23.1. The quantitative estimate of drug-likeness (QED) is 0.0277. The third-order valence-corrected chi connectivity index (χ3v) is 12.4. The first kappa shape index (κ1) is 46.9. The van der Waals surface area contributed by atoms with Crippen LogP contribution in [-0.2, 0) is 19.2 Å². The number of rotatable bonds is 37. The molecule has 6 N–H and O–H groups in total. The third-order valence-electron chi connectivity index (χ3n) is 9.30. The Labute approximate surface area is 301 Å². The normalized spacial score (nSPS) is 13.0. The molecule has 0 saturated heterocycles. The van der Waals surface area contributed by atoms with Crippen LogP contribution in [0.4, 0.5) is 0 Å². The van der Waals surface area contributed by atoms with Crippen LogP contribution >= 0.6 is 21.6 Å². The number of carbonyl (C=O) groups is 4. The fourth-order valence-corrected chi connectivity index (χ4v) is 9.28. The van der Waals surface area contributed by atoms with Gasteiger partial charge in [-0.1, -0.05) is 190 Å². The van der Waals surface area contributed by atoms with Crippen LogP contribution in [0.25, 0.3) is 0 Å². The van der Waals surface area contributed by atoms with Gasteiger partial charge in [-0.05, 0) is 12.8 Å². The summed E-state index contributed by atoms with van der Waals surface area (Å²) in [5.74, 6) is -3.63. The molecule has 0 rings (SSSR count). The van der Waals surface area contributed by atoms with E-state index >= 15 is 0 Å². The Morgan fingerprint density at radius 2 is 0.792 bits per heavy atom. The lowest BCUT2D eigenvalue weighted by atomic mass is 9.85. The molecule has 10 heteroatoms. The second-order valence-electron chi connectivity index (χ2n) is 13.7. The molecular weight excluding hydrogens is 645 g/mol. The average molecular weight is 717 g/mol. The second-order valence-corrected chi connectivity index (χ2v) is 16.3. The lowest BCUT2D eigenvalue weighted by molar-refractivity contribution is -0.144. The summed E-state index contributed by atoms with van der Waals surface area (Å²) in [4.78, 5) is 50.9. The number of nitrogens with two attached hydrogens (primary N) is 2. The molecule has 0 aliphatic carbocycles. The zero-order valence-corrected chi connectivity index (χ0v) is 32.3. The first-order valence-corrected chi connectivity index (χ1v) is 21.8. The number of carbonyl (C=O) groups excluding carboxylic acids is 2. The standard InChI is InChI=1S/C38H72N2O6S2/c1-3-5-7-9-11-13-15-17-19-21-23-25-27-29-33(41)38(35(40)37(45)46,48-47-31-32(39)36(43)44)34(42)30-28-26-24-22-20-18-16-14-12-10-8-6-4-2/h32,35H,3-31,39-40H2,1-2H3,(H,43,44)(H,45,46). The van der Waals surface area contributed by atoms with Gasteiger partial charge in [-0.15, -0.1) is 0 Å².